The number of halogens is 2. The number of para-hydroxylation sites is 1. The second kappa shape index (κ2) is 7.66. The molecule has 7 nitrogen and oxygen atoms in total. The molecule has 0 saturated heterocycles. The molecule has 2 aliphatic rings. The van der Waals surface area contributed by atoms with Crippen LogP contribution in [0.5, 0.6) is 5.75 Å². The van der Waals surface area contributed by atoms with E-state index >= 15 is 0 Å². The number of amides is 1. The van der Waals surface area contributed by atoms with Gasteiger partial charge >= 0.3 is 0 Å². The second-order valence-electron chi connectivity index (χ2n) is 7.57. The van der Waals surface area contributed by atoms with Gasteiger partial charge in [0.25, 0.3) is 6.41 Å². The number of aliphatic hydroxyl groups excluding tert-OH is 1. The van der Waals surface area contributed by atoms with Crippen LogP contribution in [0.15, 0.2) is 48.7 Å². The van der Waals surface area contributed by atoms with Gasteiger partial charge in [-0.25, -0.2) is 13.8 Å². The van der Waals surface area contributed by atoms with Crippen LogP contribution in [0.3, 0.4) is 0 Å². The van der Waals surface area contributed by atoms with E-state index in [2.05, 4.69) is 4.98 Å². The number of aryl methyl sites for hydroxylation is 1. The molecular weight excluding hydrogens is 406 g/mol. The number of rotatable bonds is 3. The van der Waals surface area contributed by atoms with Crippen LogP contribution in [0.4, 0.5) is 14.5 Å². The Hall–Kier alpha value is -3.46. The third-order valence-electron chi connectivity index (χ3n) is 5.53. The van der Waals surface area contributed by atoms with Gasteiger partial charge in [0.05, 0.1) is 12.2 Å². The SMILES string of the molecule is O=C(CN1c2c(F)cccc2OC1O)N1CCCn2cc(-c3cccc(F)c3)nc2C1. The van der Waals surface area contributed by atoms with Crippen LogP contribution in [0.1, 0.15) is 12.2 Å². The average Bonchev–Trinajstić information content (AvgIpc) is 3.22. The van der Waals surface area contributed by atoms with E-state index in [1.807, 2.05) is 10.8 Å². The third-order valence-corrected chi connectivity index (χ3v) is 5.53. The molecule has 3 aromatic rings. The van der Waals surface area contributed by atoms with Gasteiger partial charge in [-0.05, 0) is 30.7 Å². The van der Waals surface area contributed by atoms with Gasteiger partial charge in [0.2, 0.25) is 5.91 Å². The molecule has 1 amide bonds. The predicted molar refractivity (Wildman–Crippen MR) is 108 cm³/mol. The van der Waals surface area contributed by atoms with Gasteiger partial charge in [-0.3, -0.25) is 9.69 Å². The Labute approximate surface area is 177 Å². The zero-order valence-corrected chi connectivity index (χ0v) is 16.5. The molecule has 1 atom stereocenters. The van der Waals surface area contributed by atoms with Crippen molar-refractivity contribution in [2.45, 2.75) is 25.9 Å². The van der Waals surface area contributed by atoms with Crippen molar-refractivity contribution in [3.8, 4) is 17.0 Å². The zero-order chi connectivity index (χ0) is 21.5. The first-order valence-electron chi connectivity index (χ1n) is 9.99. The molecule has 0 radical (unpaired) electrons. The number of hydrogen-bond acceptors (Lipinski definition) is 5. The Morgan fingerprint density at radius 3 is 2.87 bits per heavy atom. The number of aromatic nitrogens is 2. The van der Waals surface area contributed by atoms with Crippen LogP contribution in [0.2, 0.25) is 0 Å². The molecule has 0 spiro atoms. The Morgan fingerprint density at radius 1 is 1.19 bits per heavy atom. The summed E-state index contributed by atoms with van der Waals surface area (Å²) in [5.41, 5.74) is 1.39. The molecule has 160 valence electrons. The minimum atomic E-state index is -1.43. The molecule has 0 aliphatic carbocycles. The Balaban J connectivity index is 1.35. The highest BCUT2D eigenvalue weighted by Gasteiger charge is 2.35. The van der Waals surface area contributed by atoms with E-state index in [1.165, 1.54) is 29.2 Å². The number of benzene rings is 2. The summed E-state index contributed by atoms with van der Waals surface area (Å²) in [6.45, 7) is 1.22. The van der Waals surface area contributed by atoms with Gasteiger partial charge in [-0.1, -0.05) is 18.2 Å². The number of fused-ring (bicyclic) bond motifs is 2. The molecule has 1 unspecified atom stereocenters. The van der Waals surface area contributed by atoms with Gasteiger partial charge in [0, 0.05) is 24.8 Å². The molecule has 1 aromatic heterocycles. The van der Waals surface area contributed by atoms with Gasteiger partial charge in [-0.2, -0.15) is 0 Å². The van der Waals surface area contributed by atoms with Crippen molar-refractivity contribution >= 4 is 11.6 Å². The highest BCUT2D eigenvalue weighted by atomic mass is 19.1. The minimum Gasteiger partial charge on any atom is -0.444 e. The van der Waals surface area contributed by atoms with Gasteiger partial charge in [-0.15, -0.1) is 0 Å². The summed E-state index contributed by atoms with van der Waals surface area (Å²) in [6.07, 6.45) is 1.15. The quantitative estimate of drug-likeness (QED) is 0.698. The molecule has 0 saturated carbocycles. The van der Waals surface area contributed by atoms with Crippen LogP contribution < -0.4 is 9.64 Å². The summed E-state index contributed by atoms with van der Waals surface area (Å²) in [5.74, 6) is -0.284. The lowest BCUT2D eigenvalue weighted by molar-refractivity contribution is -0.131. The predicted octanol–water partition coefficient (Wildman–Crippen LogP) is 2.74. The first-order chi connectivity index (χ1) is 15.0. The largest absolute Gasteiger partial charge is 0.444 e. The fourth-order valence-electron chi connectivity index (χ4n) is 4.02. The van der Waals surface area contributed by atoms with Crippen molar-refractivity contribution in [2.75, 3.05) is 18.0 Å². The van der Waals surface area contributed by atoms with Gasteiger partial charge in [0.1, 0.15) is 23.9 Å². The molecule has 1 N–H and O–H groups in total. The maximum absolute atomic E-state index is 14.3. The maximum Gasteiger partial charge on any atom is 0.282 e. The monoisotopic (exact) mass is 426 g/mol. The summed E-state index contributed by atoms with van der Waals surface area (Å²) >= 11 is 0. The summed E-state index contributed by atoms with van der Waals surface area (Å²) in [7, 11) is 0. The van der Waals surface area contributed by atoms with E-state index in [9.17, 15) is 18.7 Å². The fourth-order valence-corrected chi connectivity index (χ4v) is 4.02. The Bertz CT molecular complexity index is 1150. The number of anilines is 1. The minimum absolute atomic E-state index is 0.0769. The van der Waals surface area contributed by atoms with Crippen molar-refractivity contribution in [1.29, 1.82) is 0 Å². The normalized spacial score (nSPS) is 17.7. The number of carbonyl (C=O) groups excluding carboxylic acids is 1. The highest BCUT2D eigenvalue weighted by molar-refractivity contribution is 5.83. The number of hydrogen-bond donors (Lipinski definition) is 1. The summed E-state index contributed by atoms with van der Waals surface area (Å²) < 4.78 is 35.1. The van der Waals surface area contributed by atoms with Crippen molar-refractivity contribution in [2.24, 2.45) is 0 Å². The van der Waals surface area contributed by atoms with Crippen LogP contribution in [0.25, 0.3) is 11.3 Å². The topological polar surface area (TPSA) is 70.8 Å². The lowest BCUT2D eigenvalue weighted by Gasteiger charge is -2.25. The molecule has 2 aromatic carbocycles. The van der Waals surface area contributed by atoms with E-state index in [4.69, 9.17) is 4.74 Å². The molecule has 31 heavy (non-hydrogen) atoms. The molecular formula is C22H20F2N4O3. The number of ether oxygens (including phenoxy) is 1. The fraction of sp³-hybridized carbons (Fsp3) is 0.273. The molecule has 2 aliphatic heterocycles. The van der Waals surface area contributed by atoms with Crippen LogP contribution in [-0.2, 0) is 17.9 Å². The lowest BCUT2D eigenvalue weighted by Crippen LogP contribution is -2.44. The Kier molecular flexibility index (Phi) is 4.82. The van der Waals surface area contributed by atoms with Crippen molar-refractivity contribution in [3.05, 3.63) is 66.1 Å². The first kappa shape index (κ1) is 19.5. The van der Waals surface area contributed by atoms with Crippen molar-refractivity contribution < 1.29 is 23.4 Å². The average molecular weight is 426 g/mol. The summed E-state index contributed by atoms with van der Waals surface area (Å²) in [6, 6.07) is 10.5. The smallest absolute Gasteiger partial charge is 0.282 e. The van der Waals surface area contributed by atoms with E-state index in [0.29, 0.717) is 36.6 Å². The van der Waals surface area contributed by atoms with Crippen LogP contribution in [0, 0.1) is 11.6 Å². The van der Waals surface area contributed by atoms with Gasteiger partial charge in [0.15, 0.2) is 11.6 Å². The van der Waals surface area contributed by atoms with E-state index < -0.39 is 12.2 Å². The number of carbonyl (C=O) groups is 1. The highest BCUT2D eigenvalue weighted by Crippen LogP contribution is 2.38. The molecule has 9 heteroatoms. The molecule has 0 bridgehead atoms. The number of aliphatic hydroxyl groups is 1. The standard InChI is InChI=1S/C22H20F2N4O3/c23-15-5-1-4-14(10-15)17-11-26-8-3-9-27(12-19(26)25-17)20(29)13-28-21-16(24)6-2-7-18(21)31-22(28)30/h1-2,4-7,10-11,22,30H,3,8-9,12-13H2. The van der Waals surface area contributed by atoms with Crippen molar-refractivity contribution in [1.82, 2.24) is 14.5 Å². The maximum atomic E-state index is 14.3. The molecule has 3 heterocycles. The number of nitrogens with zero attached hydrogens (tertiary/aromatic N) is 4. The molecule has 5 rings (SSSR count). The van der Waals surface area contributed by atoms with Crippen molar-refractivity contribution in [3.63, 3.8) is 0 Å². The van der Waals surface area contributed by atoms with Crippen LogP contribution >= 0.6 is 0 Å². The third kappa shape index (κ3) is 3.61. The zero-order valence-electron chi connectivity index (χ0n) is 16.5. The van der Waals surface area contributed by atoms with Gasteiger partial charge < -0.3 is 19.3 Å². The summed E-state index contributed by atoms with van der Waals surface area (Å²) in [5, 5.41) is 10.2. The number of imidazole rings is 1. The van der Waals surface area contributed by atoms with Crippen LogP contribution in [-0.4, -0.2) is 45.0 Å². The second-order valence-corrected chi connectivity index (χ2v) is 7.57. The Morgan fingerprint density at radius 2 is 2.03 bits per heavy atom. The first-order valence-corrected chi connectivity index (χ1v) is 9.99. The molecule has 0 fully saturated rings. The van der Waals surface area contributed by atoms with E-state index in [0.717, 1.165) is 0 Å². The van der Waals surface area contributed by atoms with E-state index in [-0.39, 0.29) is 36.3 Å². The van der Waals surface area contributed by atoms with E-state index in [1.54, 1.807) is 23.1 Å². The summed E-state index contributed by atoms with van der Waals surface area (Å²) in [4.78, 5) is 20.5. The lowest BCUT2D eigenvalue weighted by atomic mass is 10.2.